The van der Waals surface area contributed by atoms with Crippen LogP contribution in [0.2, 0.25) is 0 Å². The molecule has 0 saturated heterocycles. The Morgan fingerprint density at radius 2 is 1.88 bits per heavy atom. The number of aliphatic hydroxyl groups excluding tert-OH is 1. The summed E-state index contributed by atoms with van der Waals surface area (Å²) in [5.41, 5.74) is 3.19. The number of ketones is 1. The highest BCUT2D eigenvalue weighted by atomic mass is 35.5. The van der Waals surface area contributed by atoms with Crippen LogP contribution in [0.3, 0.4) is 0 Å². The van der Waals surface area contributed by atoms with Crippen molar-refractivity contribution in [2.24, 2.45) is 11.1 Å². The molecular formula is C36H41ClFN3O7S. The van der Waals surface area contributed by atoms with Crippen molar-refractivity contribution in [1.29, 1.82) is 0 Å². The van der Waals surface area contributed by atoms with Crippen LogP contribution in [-0.2, 0) is 24.0 Å². The molecule has 13 heteroatoms. The van der Waals surface area contributed by atoms with Gasteiger partial charge in [-0.3, -0.25) is 24.1 Å². The number of carbonyl (C=O) groups excluding carboxylic acids is 4. The highest BCUT2D eigenvalue weighted by molar-refractivity contribution is 7.99. The van der Waals surface area contributed by atoms with Gasteiger partial charge in [0.05, 0.1) is 29.2 Å². The minimum Gasteiger partial charge on any atom is -0.511 e. The summed E-state index contributed by atoms with van der Waals surface area (Å²) in [6.45, 7) is 6.17. The van der Waals surface area contributed by atoms with Gasteiger partial charge in [-0.15, -0.1) is 6.42 Å². The first-order chi connectivity index (χ1) is 23.6. The third kappa shape index (κ3) is 8.75. The van der Waals surface area contributed by atoms with E-state index in [2.05, 4.69) is 24.9 Å². The van der Waals surface area contributed by atoms with Gasteiger partial charge in [0.2, 0.25) is 0 Å². The quantitative estimate of drug-likeness (QED) is 0.0876. The summed E-state index contributed by atoms with van der Waals surface area (Å²) in [4.78, 5) is 57.1. The summed E-state index contributed by atoms with van der Waals surface area (Å²) >= 11 is 7.30. The molecule has 1 aromatic carbocycles. The number of allylic oxidation sites excluding steroid dienone is 2. The predicted molar refractivity (Wildman–Crippen MR) is 189 cm³/mol. The fraction of sp³-hybridized carbons (Fsp3) is 0.472. The second-order valence-corrected chi connectivity index (χ2v) is 13.9. The van der Waals surface area contributed by atoms with E-state index in [-0.39, 0.29) is 60.3 Å². The lowest BCUT2D eigenvalue weighted by Gasteiger charge is -2.29. The molecule has 2 unspecified atom stereocenters. The van der Waals surface area contributed by atoms with E-state index in [1.54, 1.807) is 6.08 Å². The van der Waals surface area contributed by atoms with Crippen LogP contribution in [0.4, 0.5) is 15.8 Å². The molecule has 10 nitrogen and oxygen atoms in total. The first-order valence-corrected chi connectivity index (χ1v) is 17.9. The lowest BCUT2D eigenvalue weighted by molar-refractivity contribution is -0.121. The van der Waals surface area contributed by atoms with Crippen molar-refractivity contribution in [2.45, 2.75) is 77.4 Å². The molecule has 262 valence electrons. The number of anilines is 2. The molecule has 2 aliphatic heterocycles. The fourth-order valence-electron chi connectivity index (χ4n) is 6.38. The lowest BCUT2D eigenvalue weighted by atomic mass is 9.82. The van der Waals surface area contributed by atoms with Gasteiger partial charge in [0.1, 0.15) is 18.1 Å². The van der Waals surface area contributed by atoms with Crippen LogP contribution in [0.1, 0.15) is 72.1 Å². The predicted octanol–water partition coefficient (Wildman–Crippen LogP) is 6.77. The SMILES string of the molecule is C#CCN1C(=O)COc2cc(F)c(N3C(=O)C4=C(CCCC4)C3=O)cc21.CCSC(C)CC1CC(=O)C(/C(CC)=N/OC/C=C/Cl)=C(O)C1. The maximum atomic E-state index is 14.7. The summed E-state index contributed by atoms with van der Waals surface area (Å²) < 4.78 is 19.9. The maximum Gasteiger partial charge on any atom is 0.265 e. The molecule has 5 rings (SSSR count). The molecule has 49 heavy (non-hydrogen) atoms. The fourth-order valence-corrected chi connectivity index (χ4v) is 7.43. The van der Waals surface area contributed by atoms with E-state index in [0.29, 0.717) is 59.8 Å². The molecule has 0 fully saturated rings. The van der Waals surface area contributed by atoms with Crippen LogP contribution in [0.5, 0.6) is 5.75 Å². The summed E-state index contributed by atoms with van der Waals surface area (Å²) in [6, 6.07) is 2.37. The first-order valence-electron chi connectivity index (χ1n) is 16.4. The van der Waals surface area contributed by atoms with Crippen molar-refractivity contribution < 1.29 is 38.2 Å². The molecule has 0 spiro atoms. The van der Waals surface area contributed by atoms with Gasteiger partial charge in [-0.2, -0.15) is 11.8 Å². The zero-order valence-corrected chi connectivity index (χ0v) is 29.5. The Bertz CT molecular complexity index is 1620. The summed E-state index contributed by atoms with van der Waals surface area (Å²) in [7, 11) is 0. The largest absolute Gasteiger partial charge is 0.511 e. The van der Waals surface area contributed by atoms with Crippen LogP contribution in [0.15, 0.2) is 51.4 Å². The van der Waals surface area contributed by atoms with Crippen molar-refractivity contribution in [3.05, 3.63) is 52.0 Å². The molecule has 0 aromatic heterocycles. The topological polar surface area (TPSA) is 126 Å². The number of hydrogen-bond donors (Lipinski definition) is 1. The normalized spacial score (nSPS) is 20.2. The Labute approximate surface area is 295 Å². The number of aliphatic hydroxyl groups is 1. The van der Waals surface area contributed by atoms with Crippen LogP contribution in [-0.4, -0.2) is 65.1 Å². The van der Waals surface area contributed by atoms with E-state index in [1.165, 1.54) is 16.5 Å². The Balaban J connectivity index is 0.000000223. The number of imide groups is 1. The van der Waals surface area contributed by atoms with Crippen molar-refractivity contribution in [2.75, 3.05) is 35.3 Å². The number of halogens is 2. The molecule has 1 aromatic rings. The van der Waals surface area contributed by atoms with E-state index in [1.807, 2.05) is 18.7 Å². The van der Waals surface area contributed by atoms with Crippen molar-refractivity contribution in [3.8, 4) is 18.1 Å². The summed E-state index contributed by atoms with van der Waals surface area (Å²) in [5.74, 6) is 1.79. The Morgan fingerprint density at radius 1 is 1.18 bits per heavy atom. The van der Waals surface area contributed by atoms with Crippen LogP contribution in [0.25, 0.3) is 0 Å². The summed E-state index contributed by atoms with van der Waals surface area (Å²) in [6.07, 6.45) is 12.1. The average Bonchev–Trinajstić information content (AvgIpc) is 3.32. The van der Waals surface area contributed by atoms with Crippen molar-refractivity contribution >= 4 is 64.0 Å². The van der Waals surface area contributed by atoms with Crippen molar-refractivity contribution in [3.63, 3.8) is 0 Å². The van der Waals surface area contributed by atoms with E-state index in [0.717, 1.165) is 36.0 Å². The third-order valence-electron chi connectivity index (χ3n) is 8.55. The smallest absolute Gasteiger partial charge is 0.265 e. The van der Waals surface area contributed by atoms with E-state index < -0.39 is 17.6 Å². The minimum absolute atomic E-state index is 0.0170. The number of hydrogen-bond acceptors (Lipinski definition) is 9. The van der Waals surface area contributed by atoms with Gasteiger partial charge in [-0.05, 0) is 62.3 Å². The second-order valence-electron chi connectivity index (χ2n) is 11.9. The molecule has 4 aliphatic rings. The number of thioether (sulfide) groups is 1. The van der Waals surface area contributed by atoms with Gasteiger partial charge in [-0.1, -0.05) is 43.4 Å². The average molecular weight is 714 g/mol. The number of benzene rings is 1. The summed E-state index contributed by atoms with van der Waals surface area (Å²) in [5, 5.41) is 14.8. The number of nitrogens with zero attached hydrogens (tertiary/aromatic N) is 3. The van der Waals surface area contributed by atoms with Crippen LogP contribution >= 0.6 is 23.4 Å². The number of ether oxygens (including phenoxy) is 1. The number of Topliss-reactive ketones (excluding diaryl/α,β-unsaturated/α-hetero) is 1. The van der Waals surface area contributed by atoms with Crippen LogP contribution in [0, 0.1) is 24.1 Å². The third-order valence-corrected chi connectivity index (χ3v) is 9.82. The molecule has 0 saturated carbocycles. The van der Waals surface area contributed by atoms with E-state index >= 15 is 0 Å². The van der Waals surface area contributed by atoms with Gasteiger partial charge < -0.3 is 14.7 Å². The van der Waals surface area contributed by atoms with Gasteiger partial charge in [-0.25, -0.2) is 9.29 Å². The molecule has 2 aliphatic carbocycles. The molecule has 0 radical (unpaired) electrons. The number of amides is 3. The highest BCUT2D eigenvalue weighted by Gasteiger charge is 2.42. The zero-order chi connectivity index (χ0) is 35.7. The number of fused-ring (bicyclic) bond motifs is 1. The number of rotatable bonds is 11. The molecule has 2 atom stereocenters. The highest BCUT2D eigenvalue weighted by Crippen LogP contribution is 2.42. The minimum atomic E-state index is -0.764. The molecular weight excluding hydrogens is 673 g/mol. The zero-order valence-electron chi connectivity index (χ0n) is 27.9. The molecule has 1 N–H and O–H groups in total. The number of carbonyl (C=O) groups is 4. The maximum absolute atomic E-state index is 14.7. The lowest BCUT2D eigenvalue weighted by Crippen LogP contribution is -2.39. The van der Waals surface area contributed by atoms with Gasteiger partial charge in [0, 0.05) is 40.8 Å². The Morgan fingerprint density at radius 3 is 2.47 bits per heavy atom. The standard InChI is InChI=1S/C19H15FN2O4.C17H26ClNO3S/c1-2-7-21-15-9-14(13(20)8-16(15)26-10-17(21)23)22-18(24)11-5-3-4-6-12(11)19(22)25;1-4-14(19-22-8-6-7-18)17-15(20)10-13(11-16(17)21)9-12(3)23-5-2/h1,8-9H,3-7,10H2;6-7,12-13,20H,4-5,8-11H2,1-3H3/b;7-6+,19-14+. The Kier molecular flexibility index (Phi) is 13.5. The first kappa shape index (κ1) is 37.7. The second kappa shape index (κ2) is 17.5. The number of oxime groups is 1. The van der Waals surface area contributed by atoms with Gasteiger partial charge in [0.25, 0.3) is 17.7 Å². The van der Waals surface area contributed by atoms with E-state index in [9.17, 15) is 28.7 Å². The van der Waals surface area contributed by atoms with Crippen molar-refractivity contribution in [1.82, 2.24) is 0 Å². The molecule has 2 heterocycles. The van der Waals surface area contributed by atoms with Gasteiger partial charge >= 0.3 is 0 Å². The Hall–Kier alpha value is -4.08. The molecule has 3 amide bonds. The van der Waals surface area contributed by atoms with E-state index in [4.69, 9.17) is 27.6 Å². The van der Waals surface area contributed by atoms with Crippen LogP contribution < -0.4 is 14.5 Å². The van der Waals surface area contributed by atoms with Gasteiger partial charge in [0.15, 0.2) is 18.2 Å². The monoisotopic (exact) mass is 713 g/mol. The number of terminal acetylenes is 1. The molecule has 0 bridgehead atoms.